The number of nitrogens with one attached hydrogen (secondary N) is 1. The summed E-state index contributed by atoms with van der Waals surface area (Å²) in [7, 11) is -0.749. The Kier molecular flexibility index (Phi) is 7.51. The van der Waals surface area contributed by atoms with Gasteiger partial charge in [0.15, 0.2) is 11.6 Å². The first kappa shape index (κ1) is 25.1. The summed E-state index contributed by atoms with van der Waals surface area (Å²) in [6.07, 6.45) is 1.95. The molecule has 1 fully saturated rings. The molecule has 1 aromatic heterocycles. The molecule has 0 bridgehead atoms. The number of carbonyl (C=O) groups is 2. The minimum Gasteiger partial charge on any atom is -0.494 e. The molecule has 1 amide bonds. The van der Waals surface area contributed by atoms with Crippen molar-refractivity contribution in [3.05, 3.63) is 40.3 Å². The maximum absolute atomic E-state index is 12.8. The summed E-state index contributed by atoms with van der Waals surface area (Å²) >= 11 is 0. The Morgan fingerprint density at radius 3 is 2.53 bits per heavy atom. The molecule has 184 valence electrons. The van der Waals surface area contributed by atoms with E-state index in [-0.39, 0.29) is 48.1 Å². The van der Waals surface area contributed by atoms with Crippen molar-refractivity contribution in [2.75, 3.05) is 32.1 Å². The van der Waals surface area contributed by atoms with Gasteiger partial charge in [-0.25, -0.2) is 13.4 Å². The number of ether oxygens (including phenoxy) is 2. The fraction of sp³-hybridized carbons (Fsp3) is 0.450. The summed E-state index contributed by atoms with van der Waals surface area (Å²) in [5, 5.41) is 13.3. The Labute approximate surface area is 195 Å². The molecule has 0 spiro atoms. The molecule has 2 heterocycles. The van der Waals surface area contributed by atoms with Crippen LogP contribution in [-0.4, -0.2) is 65.9 Å². The van der Waals surface area contributed by atoms with Crippen molar-refractivity contribution in [2.24, 2.45) is 13.0 Å². The number of piperidine rings is 1. The van der Waals surface area contributed by atoms with E-state index in [9.17, 15) is 28.1 Å². The van der Waals surface area contributed by atoms with Crippen LogP contribution >= 0.6 is 0 Å². The molecule has 13 nitrogen and oxygen atoms in total. The lowest BCUT2D eigenvalue weighted by molar-refractivity contribution is -0.384. The van der Waals surface area contributed by atoms with E-state index in [2.05, 4.69) is 10.3 Å². The van der Waals surface area contributed by atoms with E-state index in [0.29, 0.717) is 5.82 Å². The smallest absolute Gasteiger partial charge is 0.309 e. The molecule has 1 N–H and O–H groups in total. The number of amides is 1. The summed E-state index contributed by atoms with van der Waals surface area (Å²) in [6, 6.07) is 3.68. The molecule has 0 unspecified atom stereocenters. The van der Waals surface area contributed by atoms with Gasteiger partial charge in [0.25, 0.3) is 21.6 Å². The summed E-state index contributed by atoms with van der Waals surface area (Å²) in [5.41, 5.74) is -0.00904. The molecule has 3 rings (SSSR count). The number of nitro benzene ring substituents is 1. The molecule has 0 aliphatic carbocycles. The van der Waals surface area contributed by atoms with Crippen LogP contribution < -0.4 is 10.1 Å². The summed E-state index contributed by atoms with van der Waals surface area (Å²) in [5.74, 6) is -1.13. The predicted octanol–water partition coefficient (Wildman–Crippen LogP) is 1.23. The molecule has 14 heteroatoms. The number of anilines is 1. The number of aryl methyl sites for hydroxylation is 2. The highest BCUT2D eigenvalue weighted by molar-refractivity contribution is 7.89. The van der Waals surface area contributed by atoms with Gasteiger partial charge < -0.3 is 19.4 Å². The van der Waals surface area contributed by atoms with Crippen LogP contribution in [0.1, 0.15) is 18.7 Å². The second-order valence-electron chi connectivity index (χ2n) is 7.71. The third-order valence-electron chi connectivity index (χ3n) is 5.49. The fourth-order valence-corrected chi connectivity index (χ4v) is 4.95. The average molecular weight is 496 g/mol. The average Bonchev–Trinajstić information content (AvgIpc) is 3.16. The van der Waals surface area contributed by atoms with E-state index < -0.39 is 39.3 Å². The number of rotatable bonds is 8. The second-order valence-corrected chi connectivity index (χ2v) is 9.60. The normalized spacial score (nSPS) is 15.0. The van der Waals surface area contributed by atoms with Crippen LogP contribution in [-0.2, 0) is 31.4 Å². The Morgan fingerprint density at radius 2 is 1.97 bits per heavy atom. The first-order chi connectivity index (χ1) is 16.0. The number of methoxy groups -OCH3 is 1. The molecule has 0 radical (unpaired) electrons. The number of hydrogen-bond acceptors (Lipinski definition) is 9. The van der Waals surface area contributed by atoms with Gasteiger partial charge in [0.2, 0.25) is 0 Å². The van der Waals surface area contributed by atoms with Crippen molar-refractivity contribution >= 4 is 33.3 Å². The number of aromatic nitrogens is 2. The highest BCUT2D eigenvalue weighted by atomic mass is 32.2. The molecule has 2 aromatic rings. The topological polar surface area (TPSA) is 163 Å². The Morgan fingerprint density at radius 1 is 1.29 bits per heavy atom. The van der Waals surface area contributed by atoms with Crippen LogP contribution in [0.4, 0.5) is 11.4 Å². The van der Waals surface area contributed by atoms with Crippen LogP contribution in [0.3, 0.4) is 0 Å². The third kappa shape index (κ3) is 5.51. The Bertz CT molecular complexity index is 1180. The van der Waals surface area contributed by atoms with Crippen LogP contribution in [0, 0.1) is 23.0 Å². The van der Waals surface area contributed by atoms with Crippen molar-refractivity contribution in [1.29, 1.82) is 0 Å². The standard InChI is InChI=1S/C20H25N5O8S/c1-13-21-19(11-23(13)2)34(30,31)24-8-6-14(7-9-24)20(27)33-12-18(26)22-16-5-4-15(25(28)29)10-17(16)32-3/h4-5,10-11,14H,6-9,12H2,1-3H3,(H,22,26). The maximum Gasteiger partial charge on any atom is 0.309 e. The SMILES string of the molecule is COc1cc([N+](=O)[O-])ccc1NC(=O)COC(=O)C1CCN(S(=O)(=O)c2cn(C)c(C)n2)CC1. The van der Waals surface area contributed by atoms with E-state index in [1.807, 2.05) is 0 Å². The highest BCUT2D eigenvalue weighted by Crippen LogP contribution is 2.29. The molecule has 0 atom stereocenters. The maximum atomic E-state index is 12.8. The van der Waals surface area contributed by atoms with E-state index in [1.165, 1.54) is 29.7 Å². The van der Waals surface area contributed by atoms with Crippen LogP contribution in [0.2, 0.25) is 0 Å². The minimum absolute atomic E-state index is 0.0353. The van der Waals surface area contributed by atoms with Crippen LogP contribution in [0.5, 0.6) is 5.75 Å². The number of non-ortho nitro benzene ring substituents is 1. The van der Waals surface area contributed by atoms with Gasteiger partial charge >= 0.3 is 5.97 Å². The predicted molar refractivity (Wildman–Crippen MR) is 119 cm³/mol. The molecule has 1 aliphatic rings. The zero-order valence-electron chi connectivity index (χ0n) is 18.9. The van der Waals surface area contributed by atoms with Crippen LogP contribution in [0.25, 0.3) is 0 Å². The van der Waals surface area contributed by atoms with Crippen molar-refractivity contribution < 1.29 is 32.4 Å². The molecular formula is C20H25N5O8S. The zero-order valence-corrected chi connectivity index (χ0v) is 19.7. The number of hydrogen-bond donors (Lipinski definition) is 1. The van der Waals surface area contributed by atoms with Gasteiger partial charge in [-0.3, -0.25) is 19.7 Å². The van der Waals surface area contributed by atoms with E-state index >= 15 is 0 Å². The lowest BCUT2D eigenvalue weighted by Gasteiger charge is -2.29. The molecule has 0 saturated carbocycles. The summed E-state index contributed by atoms with van der Waals surface area (Å²) < 4.78 is 38.6. The van der Waals surface area contributed by atoms with Crippen molar-refractivity contribution in [2.45, 2.75) is 24.8 Å². The number of nitrogens with zero attached hydrogens (tertiary/aromatic N) is 4. The number of benzene rings is 1. The first-order valence-electron chi connectivity index (χ1n) is 10.3. The largest absolute Gasteiger partial charge is 0.494 e. The van der Waals surface area contributed by atoms with Gasteiger partial charge in [-0.05, 0) is 25.8 Å². The molecular weight excluding hydrogens is 470 g/mol. The van der Waals surface area contributed by atoms with Gasteiger partial charge in [-0.1, -0.05) is 0 Å². The van der Waals surface area contributed by atoms with Crippen LogP contribution in [0.15, 0.2) is 29.4 Å². The summed E-state index contributed by atoms with van der Waals surface area (Å²) in [6.45, 7) is 1.40. The van der Waals surface area contributed by atoms with Gasteiger partial charge in [0.1, 0.15) is 11.6 Å². The van der Waals surface area contributed by atoms with Gasteiger partial charge in [-0.2, -0.15) is 4.31 Å². The minimum atomic E-state index is -3.76. The Balaban J connectivity index is 1.51. The number of carbonyl (C=O) groups excluding carboxylic acids is 2. The number of imidazole rings is 1. The second kappa shape index (κ2) is 10.2. The van der Waals surface area contributed by atoms with Crippen molar-refractivity contribution in [3.8, 4) is 5.75 Å². The Hall–Kier alpha value is -3.52. The molecule has 1 aromatic carbocycles. The van der Waals surface area contributed by atoms with Gasteiger partial charge in [0.05, 0.1) is 29.7 Å². The first-order valence-corrected chi connectivity index (χ1v) is 11.8. The molecule has 1 saturated heterocycles. The quantitative estimate of drug-likeness (QED) is 0.322. The number of esters is 1. The fourth-order valence-electron chi connectivity index (χ4n) is 3.45. The van der Waals surface area contributed by atoms with E-state index in [0.717, 1.165) is 6.07 Å². The van der Waals surface area contributed by atoms with E-state index in [1.54, 1.807) is 18.5 Å². The van der Waals surface area contributed by atoms with E-state index in [4.69, 9.17) is 9.47 Å². The van der Waals surface area contributed by atoms with Gasteiger partial charge in [-0.15, -0.1) is 0 Å². The summed E-state index contributed by atoms with van der Waals surface area (Å²) in [4.78, 5) is 38.9. The lowest BCUT2D eigenvalue weighted by Crippen LogP contribution is -2.41. The molecule has 34 heavy (non-hydrogen) atoms. The van der Waals surface area contributed by atoms with Gasteiger partial charge in [0, 0.05) is 32.4 Å². The lowest BCUT2D eigenvalue weighted by atomic mass is 9.98. The molecule has 1 aliphatic heterocycles. The third-order valence-corrected chi connectivity index (χ3v) is 7.26. The monoisotopic (exact) mass is 495 g/mol. The van der Waals surface area contributed by atoms with Crippen molar-refractivity contribution in [1.82, 2.24) is 13.9 Å². The number of nitro groups is 1. The number of sulfonamides is 1. The van der Waals surface area contributed by atoms with Crippen molar-refractivity contribution in [3.63, 3.8) is 0 Å². The zero-order chi connectivity index (χ0) is 25.0. The highest BCUT2D eigenvalue weighted by Gasteiger charge is 2.34.